The zero-order valence-electron chi connectivity index (χ0n) is 21.6. The van der Waals surface area contributed by atoms with Crippen LogP contribution >= 0.6 is 0 Å². The maximum absolute atomic E-state index is 13.7. The van der Waals surface area contributed by atoms with Gasteiger partial charge in [0.25, 0.3) is 5.91 Å². The summed E-state index contributed by atoms with van der Waals surface area (Å²) in [4.78, 5) is 34.4. The van der Waals surface area contributed by atoms with Crippen LogP contribution in [0.3, 0.4) is 0 Å². The number of aromatic nitrogens is 2. The third kappa shape index (κ3) is 6.04. The minimum absolute atomic E-state index is 0.128. The van der Waals surface area contributed by atoms with Crippen molar-refractivity contribution in [3.8, 4) is 22.5 Å². The van der Waals surface area contributed by atoms with Gasteiger partial charge in [-0.25, -0.2) is 14.4 Å². The van der Waals surface area contributed by atoms with E-state index in [0.29, 0.717) is 23.0 Å². The lowest BCUT2D eigenvalue weighted by atomic mass is 9.96. The highest BCUT2D eigenvalue weighted by Gasteiger charge is 2.41. The van der Waals surface area contributed by atoms with Gasteiger partial charge >= 0.3 is 0 Å². The van der Waals surface area contributed by atoms with Gasteiger partial charge in [-0.2, -0.15) is 0 Å². The van der Waals surface area contributed by atoms with Crippen LogP contribution < -0.4 is 11.1 Å². The van der Waals surface area contributed by atoms with Gasteiger partial charge in [-0.15, -0.1) is 0 Å². The van der Waals surface area contributed by atoms with Gasteiger partial charge in [-0.05, 0) is 66.4 Å². The molecule has 5 rings (SSSR count). The van der Waals surface area contributed by atoms with E-state index < -0.39 is 5.67 Å². The van der Waals surface area contributed by atoms with E-state index in [0.717, 1.165) is 27.8 Å². The molecule has 0 saturated carbocycles. The van der Waals surface area contributed by atoms with E-state index in [9.17, 15) is 14.0 Å². The molecule has 1 aliphatic heterocycles. The minimum atomic E-state index is -1.29. The van der Waals surface area contributed by atoms with Crippen LogP contribution in [0.5, 0.6) is 0 Å². The molecule has 9 heteroatoms. The molecule has 2 amide bonds. The molecule has 2 aromatic heterocycles. The topological polar surface area (TPSA) is 114 Å². The van der Waals surface area contributed by atoms with Crippen molar-refractivity contribution in [1.82, 2.24) is 20.2 Å². The number of carbonyl (C=O) groups excluding carboxylic acids is 2. The molecule has 198 valence electrons. The van der Waals surface area contributed by atoms with Gasteiger partial charge in [-0.3, -0.25) is 9.59 Å². The SMILES string of the molecule is Cc1cc(-c2ccc(C(=O)N3CC(C)(F)C3)cc2)ccc1-c1cnc(CNC(=O)/C=C/c2ccc(N)nc2)o1. The molecule has 1 aliphatic rings. The molecule has 0 aliphatic carbocycles. The molecule has 1 fully saturated rings. The van der Waals surface area contributed by atoms with Crippen molar-refractivity contribution in [3.63, 3.8) is 0 Å². The van der Waals surface area contributed by atoms with E-state index in [2.05, 4.69) is 15.3 Å². The summed E-state index contributed by atoms with van der Waals surface area (Å²) < 4.78 is 19.6. The van der Waals surface area contributed by atoms with Crippen LogP contribution in [0.25, 0.3) is 28.5 Å². The number of pyridine rings is 1. The Morgan fingerprint density at radius 1 is 1.08 bits per heavy atom. The number of nitrogens with two attached hydrogens (primary N) is 1. The number of hydrogen-bond acceptors (Lipinski definition) is 6. The van der Waals surface area contributed by atoms with Crippen LogP contribution in [0, 0.1) is 6.92 Å². The molecule has 1 saturated heterocycles. The maximum Gasteiger partial charge on any atom is 0.254 e. The first kappa shape index (κ1) is 25.8. The van der Waals surface area contributed by atoms with E-state index in [4.69, 9.17) is 10.2 Å². The first-order valence-electron chi connectivity index (χ1n) is 12.5. The van der Waals surface area contributed by atoms with E-state index >= 15 is 0 Å². The molecule has 0 radical (unpaired) electrons. The fourth-order valence-electron chi connectivity index (χ4n) is 4.43. The summed E-state index contributed by atoms with van der Waals surface area (Å²) in [6.07, 6.45) is 6.28. The number of nitrogens with zero attached hydrogens (tertiary/aromatic N) is 3. The summed E-state index contributed by atoms with van der Waals surface area (Å²) in [5.41, 5.74) is 9.41. The molecule has 0 bridgehead atoms. The first-order valence-corrected chi connectivity index (χ1v) is 12.5. The number of hydrogen-bond donors (Lipinski definition) is 2. The van der Waals surface area contributed by atoms with Gasteiger partial charge in [0.05, 0.1) is 25.8 Å². The maximum atomic E-state index is 13.7. The fraction of sp³-hybridized carbons (Fsp3) is 0.200. The number of anilines is 1. The van der Waals surface area contributed by atoms with Crippen LogP contribution in [0.15, 0.2) is 77.5 Å². The van der Waals surface area contributed by atoms with E-state index in [1.807, 2.05) is 37.3 Å². The van der Waals surface area contributed by atoms with Crippen LogP contribution in [0.2, 0.25) is 0 Å². The number of alkyl halides is 1. The van der Waals surface area contributed by atoms with Gasteiger partial charge in [0.2, 0.25) is 11.8 Å². The van der Waals surface area contributed by atoms with E-state index in [1.54, 1.807) is 42.7 Å². The quantitative estimate of drug-likeness (QED) is 0.335. The number of likely N-dealkylation sites (tertiary alicyclic amines) is 1. The van der Waals surface area contributed by atoms with Crippen molar-refractivity contribution < 1.29 is 18.4 Å². The lowest BCUT2D eigenvalue weighted by molar-refractivity contribution is -0.116. The molecular formula is C30H28FN5O3. The highest BCUT2D eigenvalue weighted by molar-refractivity contribution is 5.95. The van der Waals surface area contributed by atoms with Crippen molar-refractivity contribution >= 4 is 23.7 Å². The van der Waals surface area contributed by atoms with E-state index in [-0.39, 0.29) is 31.4 Å². The molecule has 3 heterocycles. The highest BCUT2D eigenvalue weighted by atomic mass is 19.1. The van der Waals surface area contributed by atoms with Crippen molar-refractivity contribution in [3.05, 3.63) is 95.6 Å². The summed E-state index contributed by atoms with van der Waals surface area (Å²) in [6.45, 7) is 3.89. The molecular weight excluding hydrogens is 497 g/mol. The van der Waals surface area contributed by atoms with Gasteiger partial charge in [0.1, 0.15) is 11.5 Å². The number of aryl methyl sites for hydroxylation is 1. The monoisotopic (exact) mass is 525 g/mol. The third-order valence-electron chi connectivity index (χ3n) is 6.49. The zero-order valence-corrected chi connectivity index (χ0v) is 21.6. The molecule has 0 unspecified atom stereocenters. The van der Waals surface area contributed by atoms with Crippen molar-refractivity contribution in [2.75, 3.05) is 18.8 Å². The predicted molar refractivity (Wildman–Crippen MR) is 147 cm³/mol. The summed E-state index contributed by atoms with van der Waals surface area (Å²) in [6, 6.07) is 16.7. The Balaban J connectivity index is 1.19. The largest absolute Gasteiger partial charge is 0.439 e. The van der Waals surface area contributed by atoms with Crippen LogP contribution in [-0.4, -0.2) is 45.4 Å². The Hall–Kier alpha value is -4.79. The average molecular weight is 526 g/mol. The summed E-state index contributed by atoms with van der Waals surface area (Å²) >= 11 is 0. The van der Waals surface area contributed by atoms with Crippen molar-refractivity contribution in [2.24, 2.45) is 0 Å². The van der Waals surface area contributed by atoms with Crippen LogP contribution in [-0.2, 0) is 11.3 Å². The molecule has 8 nitrogen and oxygen atoms in total. The second-order valence-electron chi connectivity index (χ2n) is 9.87. The minimum Gasteiger partial charge on any atom is -0.439 e. The summed E-state index contributed by atoms with van der Waals surface area (Å²) in [7, 11) is 0. The number of benzene rings is 2. The summed E-state index contributed by atoms with van der Waals surface area (Å²) in [5, 5.41) is 2.75. The zero-order chi connectivity index (χ0) is 27.6. The predicted octanol–water partition coefficient (Wildman–Crippen LogP) is 4.81. The standard InChI is InChI=1S/C30H28FN5O3/c1-19-13-23(21-5-7-22(8-6-21)29(38)36-17-30(2,31)18-36)9-10-24(19)25-15-35-28(39-25)16-34-27(37)12-4-20-3-11-26(32)33-14-20/h3-15H,16-18H2,1-2H3,(H2,32,33)(H,34,37)/b12-4+. The molecule has 4 aromatic rings. The van der Waals surface area contributed by atoms with Crippen molar-refractivity contribution in [1.29, 1.82) is 0 Å². The normalized spacial score (nSPS) is 14.3. The molecule has 0 atom stereocenters. The average Bonchev–Trinajstić information content (AvgIpc) is 3.38. The Morgan fingerprint density at radius 2 is 1.82 bits per heavy atom. The number of nitrogens with one attached hydrogen (secondary N) is 1. The second kappa shape index (κ2) is 10.5. The first-order chi connectivity index (χ1) is 18.7. The number of carbonyl (C=O) groups is 2. The van der Waals surface area contributed by atoms with Gasteiger partial charge in [-0.1, -0.05) is 30.3 Å². The number of amides is 2. The van der Waals surface area contributed by atoms with E-state index in [1.165, 1.54) is 17.9 Å². The third-order valence-corrected chi connectivity index (χ3v) is 6.49. The number of rotatable bonds is 7. The van der Waals surface area contributed by atoms with Gasteiger partial charge in [0.15, 0.2) is 5.76 Å². The number of oxazole rings is 1. The molecule has 2 aromatic carbocycles. The molecule has 3 N–H and O–H groups in total. The van der Waals surface area contributed by atoms with Gasteiger partial charge < -0.3 is 20.4 Å². The molecule has 0 spiro atoms. The molecule has 39 heavy (non-hydrogen) atoms. The fourth-order valence-corrected chi connectivity index (χ4v) is 4.43. The van der Waals surface area contributed by atoms with Crippen molar-refractivity contribution in [2.45, 2.75) is 26.1 Å². The Morgan fingerprint density at radius 3 is 2.49 bits per heavy atom. The lowest BCUT2D eigenvalue weighted by Crippen LogP contribution is -2.59. The lowest BCUT2D eigenvalue weighted by Gasteiger charge is -2.42. The number of halogens is 1. The Kier molecular flexibility index (Phi) is 6.98. The summed E-state index contributed by atoms with van der Waals surface area (Å²) in [5.74, 6) is 0.961. The van der Waals surface area contributed by atoms with Gasteiger partial charge in [0, 0.05) is 23.4 Å². The number of nitrogen functional groups attached to an aromatic ring is 1. The smallest absolute Gasteiger partial charge is 0.254 e. The van der Waals surface area contributed by atoms with Crippen LogP contribution in [0.1, 0.15) is 34.3 Å². The Labute approximate surface area is 225 Å². The Bertz CT molecular complexity index is 1530. The highest BCUT2D eigenvalue weighted by Crippen LogP contribution is 2.30. The second-order valence-corrected chi connectivity index (χ2v) is 9.87. The van der Waals surface area contributed by atoms with Crippen LogP contribution in [0.4, 0.5) is 10.2 Å².